The molecule has 224 valence electrons. The average Bonchev–Trinajstić information content (AvgIpc) is 3.73. The Balaban J connectivity index is 1.14. The molecule has 2 aliphatic carbocycles. The van der Waals surface area contributed by atoms with Crippen LogP contribution in [0.4, 0.5) is 0 Å². The Morgan fingerprint density at radius 3 is 1.52 bits per heavy atom. The molecule has 0 saturated carbocycles. The number of fused-ring (bicyclic) bond motifs is 10. The summed E-state index contributed by atoms with van der Waals surface area (Å²) in [6.45, 7) is 0. The topological polar surface area (TPSA) is 0 Å². The second kappa shape index (κ2) is 10.8. The van der Waals surface area contributed by atoms with E-state index in [1.807, 2.05) is 0 Å². The molecule has 0 N–H and O–H groups in total. The molecular weight excluding hydrogens is 577 g/mol. The fraction of sp³-hybridized carbons (Fsp3) is 0.0417. The molecule has 10 rings (SSSR count). The zero-order valence-electron chi connectivity index (χ0n) is 26.5. The maximum Gasteiger partial charge on any atom is 0.0355 e. The summed E-state index contributed by atoms with van der Waals surface area (Å²) in [4.78, 5) is 0. The summed E-state index contributed by atoms with van der Waals surface area (Å²) in [5, 5.41) is 2.73. The van der Waals surface area contributed by atoms with Gasteiger partial charge in [0.05, 0.1) is 0 Å². The van der Waals surface area contributed by atoms with Crippen LogP contribution in [0.25, 0.3) is 66.4 Å². The van der Waals surface area contributed by atoms with Gasteiger partial charge < -0.3 is 0 Å². The van der Waals surface area contributed by atoms with Gasteiger partial charge in [0.1, 0.15) is 0 Å². The SMILES string of the molecule is c1ccc(-c2cc(-c3ccccc3)cc(-c3ccc(C4c5ccccc5-c5c4c4c(c6ccccc56)-c5ccccc5C4)cc3)c2)cc1. The van der Waals surface area contributed by atoms with Gasteiger partial charge in [0, 0.05) is 5.92 Å². The molecule has 0 heteroatoms. The first-order valence-corrected chi connectivity index (χ1v) is 16.9. The second-order valence-corrected chi connectivity index (χ2v) is 13.2. The van der Waals surface area contributed by atoms with Crippen LogP contribution in [0.3, 0.4) is 0 Å². The van der Waals surface area contributed by atoms with Crippen LogP contribution in [0.1, 0.15) is 33.7 Å². The third-order valence-electron chi connectivity index (χ3n) is 10.6. The summed E-state index contributed by atoms with van der Waals surface area (Å²) in [5.41, 5.74) is 20.2. The van der Waals surface area contributed by atoms with Crippen LogP contribution in [0.5, 0.6) is 0 Å². The second-order valence-electron chi connectivity index (χ2n) is 13.2. The molecule has 0 amide bonds. The van der Waals surface area contributed by atoms with Gasteiger partial charge in [-0.2, -0.15) is 0 Å². The van der Waals surface area contributed by atoms with Crippen LogP contribution in [0.15, 0.2) is 176 Å². The highest BCUT2D eigenvalue weighted by Crippen LogP contribution is 2.57. The van der Waals surface area contributed by atoms with Crippen molar-refractivity contribution in [3.63, 3.8) is 0 Å². The fourth-order valence-electron chi connectivity index (χ4n) is 8.46. The van der Waals surface area contributed by atoms with Gasteiger partial charge >= 0.3 is 0 Å². The van der Waals surface area contributed by atoms with E-state index in [-0.39, 0.29) is 5.92 Å². The van der Waals surface area contributed by atoms with E-state index in [2.05, 4.69) is 176 Å². The normalized spacial score (nSPS) is 14.0. The molecular formula is C48H32. The maximum atomic E-state index is 2.38. The minimum absolute atomic E-state index is 0.188. The lowest BCUT2D eigenvalue weighted by atomic mass is 9.82. The van der Waals surface area contributed by atoms with Crippen molar-refractivity contribution in [3.8, 4) is 55.6 Å². The Labute approximate surface area is 281 Å². The highest BCUT2D eigenvalue weighted by atomic mass is 14.4. The van der Waals surface area contributed by atoms with Crippen molar-refractivity contribution in [2.75, 3.05) is 0 Å². The molecule has 1 unspecified atom stereocenters. The van der Waals surface area contributed by atoms with Crippen molar-refractivity contribution in [1.29, 1.82) is 0 Å². The average molecular weight is 609 g/mol. The van der Waals surface area contributed by atoms with Gasteiger partial charge in [0.25, 0.3) is 0 Å². The molecule has 0 aromatic heterocycles. The zero-order valence-corrected chi connectivity index (χ0v) is 26.5. The first-order chi connectivity index (χ1) is 23.8. The molecule has 48 heavy (non-hydrogen) atoms. The third kappa shape index (κ3) is 4.16. The lowest BCUT2D eigenvalue weighted by Gasteiger charge is -2.20. The highest BCUT2D eigenvalue weighted by molar-refractivity contribution is 6.12. The van der Waals surface area contributed by atoms with Crippen molar-refractivity contribution in [2.24, 2.45) is 0 Å². The molecule has 1 atom stereocenters. The van der Waals surface area contributed by atoms with Crippen molar-refractivity contribution >= 4 is 10.8 Å². The fourth-order valence-corrected chi connectivity index (χ4v) is 8.46. The van der Waals surface area contributed by atoms with Crippen LogP contribution < -0.4 is 0 Å². The number of hydrogen-bond donors (Lipinski definition) is 0. The molecule has 8 aromatic rings. The van der Waals surface area contributed by atoms with Gasteiger partial charge in [-0.25, -0.2) is 0 Å². The molecule has 0 radical (unpaired) electrons. The van der Waals surface area contributed by atoms with Crippen LogP contribution in [-0.4, -0.2) is 0 Å². The van der Waals surface area contributed by atoms with E-state index in [4.69, 9.17) is 0 Å². The van der Waals surface area contributed by atoms with Gasteiger partial charge in [-0.15, -0.1) is 0 Å². The van der Waals surface area contributed by atoms with E-state index in [0.717, 1.165) is 6.42 Å². The summed E-state index contributed by atoms with van der Waals surface area (Å²) in [7, 11) is 0. The van der Waals surface area contributed by atoms with Gasteiger partial charge in [-0.05, 0) is 119 Å². The molecule has 0 nitrogen and oxygen atoms in total. The monoisotopic (exact) mass is 608 g/mol. The van der Waals surface area contributed by atoms with Crippen LogP contribution >= 0.6 is 0 Å². The maximum absolute atomic E-state index is 2.38. The van der Waals surface area contributed by atoms with Crippen LogP contribution in [0.2, 0.25) is 0 Å². The standard InChI is InChI=1S/C48H32/c1-3-13-31(14-4-1)36-27-37(32-15-5-2-6-16-32)29-38(28-36)33-23-25-34(26-24-33)45-40-19-9-11-21-42(40)47-43-22-12-10-20-41(43)46-39-18-8-7-17-35(39)30-44(46)48(45)47/h1-29,45H,30H2. The van der Waals surface area contributed by atoms with Crippen molar-refractivity contribution in [2.45, 2.75) is 12.3 Å². The quantitative estimate of drug-likeness (QED) is 0.186. The molecule has 8 aromatic carbocycles. The smallest absolute Gasteiger partial charge is 0.0355 e. The van der Waals surface area contributed by atoms with E-state index in [0.29, 0.717) is 0 Å². The van der Waals surface area contributed by atoms with E-state index in [9.17, 15) is 0 Å². The summed E-state index contributed by atoms with van der Waals surface area (Å²) in [6, 6.07) is 65.1. The predicted molar refractivity (Wildman–Crippen MR) is 201 cm³/mol. The first kappa shape index (κ1) is 27.2. The Kier molecular flexibility index (Phi) is 6.11. The van der Waals surface area contributed by atoms with Crippen molar-refractivity contribution in [1.82, 2.24) is 0 Å². The van der Waals surface area contributed by atoms with Crippen molar-refractivity contribution < 1.29 is 0 Å². The predicted octanol–water partition coefficient (Wildman–Crippen LogP) is 12.6. The lowest BCUT2D eigenvalue weighted by Crippen LogP contribution is -2.03. The largest absolute Gasteiger partial charge is 0.0622 e. The molecule has 0 saturated heterocycles. The highest BCUT2D eigenvalue weighted by Gasteiger charge is 2.37. The molecule has 0 heterocycles. The molecule has 0 spiro atoms. The molecule has 0 aliphatic heterocycles. The van der Waals surface area contributed by atoms with E-state index in [1.54, 1.807) is 0 Å². The minimum Gasteiger partial charge on any atom is -0.0622 e. The number of benzene rings is 8. The van der Waals surface area contributed by atoms with E-state index >= 15 is 0 Å². The van der Waals surface area contributed by atoms with Gasteiger partial charge in [0.15, 0.2) is 0 Å². The third-order valence-corrected chi connectivity index (χ3v) is 10.6. The van der Waals surface area contributed by atoms with Crippen LogP contribution in [-0.2, 0) is 6.42 Å². The molecule has 0 bridgehead atoms. The van der Waals surface area contributed by atoms with E-state index < -0.39 is 0 Å². The van der Waals surface area contributed by atoms with Crippen molar-refractivity contribution in [3.05, 3.63) is 204 Å². The Bertz CT molecular complexity index is 2440. The summed E-state index contributed by atoms with van der Waals surface area (Å²) >= 11 is 0. The lowest BCUT2D eigenvalue weighted by molar-refractivity contribution is 0.992. The number of hydrogen-bond acceptors (Lipinski definition) is 0. The first-order valence-electron chi connectivity index (χ1n) is 16.9. The van der Waals surface area contributed by atoms with E-state index in [1.165, 1.54) is 94.2 Å². The van der Waals surface area contributed by atoms with Gasteiger partial charge in [-0.1, -0.05) is 158 Å². The summed E-state index contributed by atoms with van der Waals surface area (Å²) < 4.78 is 0. The number of rotatable bonds is 4. The Morgan fingerprint density at radius 2 is 0.875 bits per heavy atom. The summed E-state index contributed by atoms with van der Waals surface area (Å²) in [6.07, 6.45) is 0.982. The van der Waals surface area contributed by atoms with Gasteiger partial charge in [-0.3, -0.25) is 0 Å². The van der Waals surface area contributed by atoms with Crippen LogP contribution in [0, 0.1) is 0 Å². The molecule has 0 fully saturated rings. The Hall–Kier alpha value is -5.98. The Morgan fingerprint density at radius 1 is 0.375 bits per heavy atom. The summed E-state index contributed by atoms with van der Waals surface area (Å²) in [5.74, 6) is 0.188. The van der Waals surface area contributed by atoms with Gasteiger partial charge in [0.2, 0.25) is 0 Å². The minimum atomic E-state index is 0.188. The zero-order chi connectivity index (χ0) is 31.6. The molecule has 2 aliphatic rings.